The molecule has 0 aromatic heterocycles. The lowest BCUT2D eigenvalue weighted by Crippen LogP contribution is -2.45. The molecule has 2 heterocycles. The lowest BCUT2D eigenvalue weighted by atomic mass is 10.1. The average Bonchev–Trinajstić information content (AvgIpc) is 3.14. The van der Waals surface area contributed by atoms with E-state index in [0.29, 0.717) is 24.2 Å². The summed E-state index contributed by atoms with van der Waals surface area (Å²) in [5.74, 6) is -0.683. The van der Waals surface area contributed by atoms with Crippen molar-refractivity contribution in [3.8, 4) is 0 Å². The molecule has 1 N–H and O–H groups in total. The molecular weight excluding hydrogens is 417 g/mol. The zero-order valence-corrected chi connectivity index (χ0v) is 18.3. The predicted octanol–water partition coefficient (Wildman–Crippen LogP) is 4.25. The number of carbonyl (C=O) groups excluding carboxylic acids is 2. The van der Waals surface area contributed by atoms with Gasteiger partial charge in [-0.2, -0.15) is 0 Å². The average molecular weight is 444 g/mol. The second-order valence-corrected chi connectivity index (χ2v) is 8.69. The molecule has 2 aliphatic heterocycles. The van der Waals surface area contributed by atoms with Gasteiger partial charge in [-0.05, 0) is 54.8 Å². The SMILES string of the molecule is O=C(NC[C@H]1CC[C@@H]2CN(C(=O)c3ccccc3)c3ccccc3CN12)c1cccc(F)c1. The third-order valence-electron chi connectivity index (χ3n) is 6.65. The molecule has 2 atom stereocenters. The molecule has 0 aliphatic carbocycles. The van der Waals surface area contributed by atoms with Gasteiger partial charge in [0.1, 0.15) is 5.82 Å². The van der Waals surface area contributed by atoms with Crippen LogP contribution in [0.1, 0.15) is 39.1 Å². The molecule has 5 rings (SSSR count). The van der Waals surface area contributed by atoms with Gasteiger partial charge in [-0.3, -0.25) is 14.5 Å². The summed E-state index contributed by atoms with van der Waals surface area (Å²) >= 11 is 0. The van der Waals surface area contributed by atoms with E-state index >= 15 is 0 Å². The molecule has 3 aromatic rings. The van der Waals surface area contributed by atoms with Crippen LogP contribution in [0.2, 0.25) is 0 Å². The van der Waals surface area contributed by atoms with Crippen molar-refractivity contribution in [2.24, 2.45) is 0 Å². The van der Waals surface area contributed by atoms with Gasteiger partial charge >= 0.3 is 0 Å². The van der Waals surface area contributed by atoms with Crippen molar-refractivity contribution in [3.05, 3.63) is 101 Å². The van der Waals surface area contributed by atoms with Gasteiger partial charge in [0.15, 0.2) is 0 Å². The van der Waals surface area contributed by atoms with Crippen LogP contribution in [0.3, 0.4) is 0 Å². The molecule has 0 saturated carbocycles. The summed E-state index contributed by atoms with van der Waals surface area (Å²) in [5, 5.41) is 2.98. The van der Waals surface area contributed by atoms with Gasteiger partial charge in [-0.1, -0.05) is 42.5 Å². The number of fused-ring (bicyclic) bond motifs is 2. The highest BCUT2D eigenvalue weighted by Crippen LogP contribution is 2.35. The van der Waals surface area contributed by atoms with E-state index in [4.69, 9.17) is 0 Å². The van der Waals surface area contributed by atoms with E-state index in [1.165, 1.54) is 12.1 Å². The Morgan fingerprint density at radius 1 is 0.909 bits per heavy atom. The van der Waals surface area contributed by atoms with Crippen LogP contribution in [-0.2, 0) is 6.54 Å². The van der Waals surface area contributed by atoms with E-state index in [1.807, 2.05) is 53.4 Å². The number of carbonyl (C=O) groups is 2. The number of halogens is 1. The molecule has 168 valence electrons. The molecule has 6 heteroatoms. The molecule has 2 aliphatic rings. The van der Waals surface area contributed by atoms with Crippen molar-refractivity contribution in [2.45, 2.75) is 31.5 Å². The number of benzene rings is 3. The lowest BCUT2D eigenvalue weighted by Gasteiger charge is -2.29. The fraction of sp³-hybridized carbons (Fsp3) is 0.259. The summed E-state index contributed by atoms with van der Waals surface area (Å²) in [5.41, 5.74) is 3.05. The summed E-state index contributed by atoms with van der Waals surface area (Å²) in [6, 6.07) is 23.6. The Bertz CT molecular complexity index is 1170. The monoisotopic (exact) mass is 443 g/mol. The van der Waals surface area contributed by atoms with Crippen LogP contribution < -0.4 is 10.2 Å². The van der Waals surface area contributed by atoms with Gasteiger partial charge in [0.2, 0.25) is 0 Å². The minimum Gasteiger partial charge on any atom is -0.350 e. The molecule has 0 bridgehead atoms. The first kappa shape index (κ1) is 21.3. The van der Waals surface area contributed by atoms with Crippen molar-refractivity contribution in [1.82, 2.24) is 10.2 Å². The van der Waals surface area contributed by atoms with Gasteiger partial charge in [0, 0.05) is 48.5 Å². The molecule has 1 saturated heterocycles. The minimum atomic E-state index is -0.420. The Balaban J connectivity index is 1.35. The minimum absolute atomic E-state index is 0.00718. The van der Waals surface area contributed by atoms with Crippen molar-refractivity contribution < 1.29 is 14.0 Å². The van der Waals surface area contributed by atoms with Crippen molar-refractivity contribution >= 4 is 17.5 Å². The standard InChI is InChI=1S/C27H26FN3O2/c28-22-11-6-10-20(15-22)26(32)29-16-23-13-14-24-18-31(27(33)19-7-2-1-3-8-19)25-12-5-4-9-21(25)17-30(23)24/h1-12,15,23-24H,13-14,16-18H2,(H,29,32)/t23-,24-/m1/s1. The molecule has 0 spiro atoms. The van der Waals surface area contributed by atoms with Crippen LogP contribution in [-0.4, -0.2) is 41.9 Å². The topological polar surface area (TPSA) is 52.7 Å². The summed E-state index contributed by atoms with van der Waals surface area (Å²) in [6.45, 7) is 1.82. The Labute approximate surface area is 192 Å². The van der Waals surface area contributed by atoms with E-state index in [1.54, 1.807) is 12.1 Å². The second kappa shape index (κ2) is 9.16. The van der Waals surface area contributed by atoms with Crippen LogP contribution in [0, 0.1) is 5.82 Å². The summed E-state index contributed by atoms with van der Waals surface area (Å²) in [7, 11) is 0. The van der Waals surface area contributed by atoms with Gasteiger partial charge in [-0.25, -0.2) is 4.39 Å². The van der Waals surface area contributed by atoms with Crippen LogP contribution in [0.25, 0.3) is 0 Å². The first-order valence-corrected chi connectivity index (χ1v) is 11.3. The molecule has 0 radical (unpaired) electrons. The van der Waals surface area contributed by atoms with Gasteiger partial charge in [-0.15, -0.1) is 0 Å². The number of hydrogen-bond acceptors (Lipinski definition) is 3. The Morgan fingerprint density at radius 2 is 1.67 bits per heavy atom. The third-order valence-corrected chi connectivity index (χ3v) is 6.65. The van der Waals surface area contributed by atoms with Crippen LogP contribution >= 0.6 is 0 Å². The van der Waals surface area contributed by atoms with E-state index in [9.17, 15) is 14.0 Å². The molecular formula is C27H26FN3O2. The zero-order valence-electron chi connectivity index (χ0n) is 18.3. The number of nitrogens with zero attached hydrogens (tertiary/aromatic N) is 2. The molecule has 2 amide bonds. The fourth-order valence-corrected chi connectivity index (χ4v) is 4.97. The third kappa shape index (κ3) is 4.39. The highest BCUT2D eigenvalue weighted by atomic mass is 19.1. The summed E-state index contributed by atoms with van der Waals surface area (Å²) in [6.07, 6.45) is 1.89. The molecule has 33 heavy (non-hydrogen) atoms. The number of anilines is 1. The number of rotatable bonds is 4. The maximum Gasteiger partial charge on any atom is 0.258 e. The Hall–Kier alpha value is -3.51. The normalized spacial score (nSPS) is 20.0. The lowest BCUT2D eigenvalue weighted by molar-refractivity contribution is 0.0933. The molecule has 1 fully saturated rings. The second-order valence-electron chi connectivity index (χ2n) is 8.69. The summed E-state index contributed by atoms with van der Waals surface area (Å²) < 4.78 is 13.5. The van der Waals surface area contributed by atoms with Crippen LogP contribution in [0.5, 0.6) is 0 Å². The molecule has 0 unspecified atom stereocenters. The number of para-hydroxylation sites is 1. The van der Waals surface area contributed by atoms with E-state index in [-0.39, 0.29) is 23.9 Å². The largest absolute Gasteiger partial charge is 0.350 e. The molecule has 3 aromatic carbocycles. The summed E-state index contributed by atoms with van der Waals surface area (Å²) in [4.78, 5) is 30.2. The van der Waals surface area contributed by atoms with Gasteiger partial charge < -0.3 is 10.2 Å². The van der Waals surface area contributed by atoms with Crippen molar-refractivity contribution in [2.75, 3.05) is 18.0 Å². The van der Waals surface area contributed by atoms with Crippen molar-refractivity contribution in [1.29, 1.82) is 0 Å². The fourth-order valence-electron chi connectivity index (χ4n) is 4.97. The first-order chi connectivity index (χ1) is 16.1. The highest BCUT2D eigenvalue weighted by Gasteiger charge is 2.39. The smallest absolute Gasteiger partial charge is 0.258 e. The van der Waals surface area contributed by atoms with Gasteiger partial charge in [0.25, 0.3) is 11.8 Å². The van der Waals surface area contributed by atoms with Crippen LogP contribution in [0.4, 0.5) is 10.1 Å². The maximum atomic E-state index is 13.5. The highest BCUT2D eigenvalue weighted by molar-refractivity contribution is 6.06. The van der Waals surface area contributed by atoms with Gasteiger partial charge in [0.05, 0.1) is 0 Å². The Morgan fingerprint density at radius 3 is 2.48 bits per heavy atom. The quantitative estimate of drug-likeness (QED) is 0.656. The van der Waals surface area contributed by atoms with Crippen LogP contribution in [0.15, 0.2) is 78.9 Å². The van der Waals surface area contributed by atoms with E-state index in [2.05, 4.69) is 16.3 Å². The van der Waals surface area contributed by atoms with E-state index < -0.39 is 5.82 Å². The van der Waals surface area contributed by atoms with Crippen molar-refractivity contribution in [3.63, 3.8) is 0 Å². The maximum absolute atomic E-state index is 13.5. The zero-order chi connectivity index (χ0) is 22.8. The number of nitrogens with one attached hydrogen (secondary N) is 1. The number of hydrogen-bond donors (Lipinski definition) is 1. The Kier molecular flexibility index (Phi) is 5.92. The molecule has 5 nitrogen and oxygen atoms in total. The van der Waals surface area contributed by atoms with E-state index in [0.717, 1.165) is 30.6 Å². The predicted molar refractivity (Wildman–Crippen MR) is 126 cm³/mol. The number of amides is 2. The first-order valence-electron chi connectivity index (χ1n) is 11.3.